The molecule has 184 valence electrons. The fourth-order valence-corrected chi connectivity index (χ4v) is 4.96. The van der Waals surface area contributed by atoms with Gasteiger partial charge >= 0.3 is 0 Å². The lowest BCUT2D eigenvalue weighted by Gasteiger charge is -2.32. The molecule has 2 fully saturated rings. The predicted octanol–water partition coefficient (Wildman–Crippen LogP) is 4.69. The number of hydrogen-bond acceptors (Lipinski definition) is 6. The third-order valence-corrected chi connectivity index (χ3v) is 7.08. The van der Waals surface area contributed by atoms with Gasteiger partial charge in [-0.05, 0) is 49.8 Å². The molecule has 0 radical (unpaired) electrons. The van der Waals surface area contributed by atoms with Crippen molar-refractivity contribution in [3.05, 3.63) is 35.4 Å². The highest BCUT2D eigenvalue weighted by molar-refractivity contribution is 6.11. The van der Waals surface area contributed by atoms with Crippen molar-refractivity contribution in [2.45, 2.75) is 77.7 Å². The van der Waals surface area contributed by atoms with Crippen molar-refractivity contribution < 1.29 is 4.79 Å². The van der Waals surface area contributed by atoms with Crippen LogP contribution in [0.15, 0.2) is 39.4 Å². The van der Waals surface area contributed by atoms with Crippen LogP contribution in [0, 0.1) is 5.92 Å². The Morgan fingerprint density at radius 3 is 2.50 bits per heavy atom. The number of hydrazone groups is 1. The third kappa shape index (κ3) is 6.24. The molecule has 0 bridgehead atoms. The second kappa shape index (κ2) is 12.1. The van der Waals surface area contributed by atoms with Gasteiger partial charge in [0, 0.05) is 43.4 Å². The van der Waals surface area contributed by atoms with E-state index in [9.17, 15) is 4.79 Å². The van der Waals surface area contributed by atoms with Crippen LogP contribution in [-0.2, 0) is 0 Å². The first-order valence-electron chi connectivity index (χ1n) is 13.2. The van der Waals surface area contributed by atoms with Crippen molar-refractivity contribution >= 4 is 23.8 Å². The van der Waals surface area contributed by atoms with Crippen molar-refractivity contribution in [1.29, 1.82) is 0 Å². The lowest BCUT2D eigenvalue weighted by Crippen LogP contribution is -2.35. The molecular weight excluding hydrogens is 424 g/mol. The first-order chi connectivity index (χ1) is 16.7. The molecule has 7 nitrogen and oxygen atoms in total. The Balaban J connectivity index is 1.58. The Hall–Kier alpha value is -2.70. The molecule has 1 saturated heterocycles. The molecule has 3 aliphatic rings. The maximum absolute atomic E-state index is 12.8. The summed E-state index contributed by atoms with van der Waals surface area (Å²) in [7, 11) is 0. The molecule has 1 atom stereocenters. The highest BCUT2D eigenvalue weighted by Gasteiger charge is 2.24. The van der Waals surface area contributed by atoms with E-state index in [1.807, 2.05) is 35.4 Å². The number of carbonyl (C=O) groups excluding carboxylic acids is 1. The smallest absolute Gasteiger partial charge is 0.253 e. The SMILES string of the molecule is CCCCNC1=N/CN(C2CCCCC2)/N=C(/c2ccc(C(=O)N3CCCC3)cc2)C(C)/C=N\1. The molecular formula is C27H40N6O. The highest BCUT2D eigenvalue weighted by atomic mass is 16.2. The largest absolute Gasteiger partial charge is 0.354 e. The summed E-state index contributed by atoms with van der Waals surface area (Å²) in [4.78, 5) is 24.2. The second-order valence-electron chi connectivity index (χ2n) is 9.76. The minimum absolute atomic E-state index is 0.0301. The molecule has 1 aliphatic carbocycles. The molecule has 1 aromatic carbocycles. The summed E-state index contributed by atoms with van der Waals surface area (Å²) in [6, 6.07) is 8.41. The van der Waals surface area contributed by atoms with Crippen molar-refractivity contribution in [2.24, 2.45) is 21.0 Å². The van der Waals surface area contributed by atoms with E-state index in [4.69, 9.17) is 15.1 Å². The van der Waals surface area contributed by atoms with Gasteiger partial charge in [-0.1, -0.05) is 51.7 Å². The van der Waals surface area contributed by atoms with Gasteiger partial charge in [0.15, 0.2) is 0 Å². The molecule has 2 heterocycles. The highest BCUT2D eigenvalue weighted by Crippen LogP contribution is 2.24. The predicted molar refractivity (Wildman–Crippen MR) is 140 cm³/mol. The third-order valence-electron chi connectivity index (χ3n) is 7.08. The number of carbonyl (C=O) groups is 1. The Bertz CT molecular complexity index is 894. The zero-order chi connectivity index (χ0) is 23.8. The van der Waals surface area contributed by atoms with Gasteiger partial charge in [0.2, 0.25) is 5.96 Å². The van der Waals surface area contributed by atoms with Crippen LogP contribution in [-0.4, -0.2) is 66.0 Å². The van der Waals surface area contributed by atoms with E-state index in [1.165, 1.54) is 19.3 Å². The molecule has 0 aromatic heterocycles. The standard InChI is InChI=1S/C27H40N6O/c1-3-4-16-28-27-29-19-21(2)25(31-33(20-30-27)24-10-6-5-7-11-24)22-12-14-23(15-13-22)26(34)32-17-8-9-18-32/h12-15,19,21,24H,3-11,16-18,20H2,1-2H3,(H,28,30)/b29-19-,31-25+. The summed E-state index contributed by atoms with van der Waals surface area (Å²) in [6.45, 7) is 7.45. The van der Waals surface area contributed by atoms with Crippen molar-refractivity contribution in [1.82, 2.24) is 15.2 Å². The zero-order valence-corrected chi connectivity index (χ0v) is 20.9. The molecule has 1 N–H and O–H groups in total. The Labute approximate surface area is 204 Å². The summed E-state index contributed by atoms with van der Waals surface area (Å²) < 4.78 is 0. The van der Waals surface area contributed by atoms with Crippen LogP contribution in [0.5, 0.6) is 0 Å². The van der Waals surface area contributed by atoms with E-state index < -0.39 is 0 Å². The second-order valence-corrected chi connectivity index (χ2v) is 9.76. The van der Waals surface area contributed by atoms with Crippen molar-refractivity contribution in [3.63, 3.8) is 0 Å². The Kier molecular flexibility index (Phi) is 8.72. The average molecular weight is 465 g/mol. The lowest BCUT2D eigenvalue weighted by molar-refractivity contribution is 0.0793. The van der Waals surface area contributed by atoms with Gasteiger partial charge in [0.1, 0.15) is 6.67 Å². The van der Waals surface area contributed by atoms with Crippen LogP contribution in [0.4, 0.5) is 0 Å². The maximum Gasteiger partial charge on any atom is 0.253 e. The molecule has 7 heteroatoms. The molecule has 1 unspecified atom stereocenters. The molecule has 1 amide bonds. The first-order valence-corrected chi connectivity index (χ1v) is 13.2. The number of amides is 1. The lowest BCUT2D eigenvalue weighted by atomic mass is 9.95. The molecule has 34 heavy (non-hydrogen) atoms. The van der Waals surface area contributed by atoms with E-state index in [-0.39, 0.29) is 11.8 Å². The van der Waals surface area contributed by atoms with Crippen LogP contribution in [0.1, 0.15) is 87.6 Å². The van der Waals surface area contributed by atoms with Crippen LogP contribution in [0.2, 0.25) is 0 Å². The van der Waals surface area contributed by atoms with Crippen LogP contribution in [0.25, 0.3) is 0 Å². The van der Waals surface area contributed by atoms with Gasteiger partial charge in [-0.2, -0.15) is 5.10 Å². The summed E-state index contributed by atoms with van der Waals surface area (Å²) in [5.41, 5.74) is 2.78. The fraction of sp³-hybridized carbons (Fsp3) is 0.630. The Morgan fingerprint density at radius 1 is 1.06 bits per heavy atom. The van der Waals surface area contributed by atoms with Gasteiger partial charge in [0.25, 0.3) is 5.91 Å². The molecule has 2 aliphatic heterocycles. The number of hydrogen-bond donors (Lipinski definition) is 1. The summed E-state index contributed by atoms with van der Waals surface area (Å²) in [5.74, 6) is 0.863. The minimum Gasteiger partial charge on any atom is -0.354 e. The van der Waals surface area contributed by atoms with Gasteiger partial charge in [0.05, 0.1) is 5.71 Å². The summed E-state index contributed by atoms with van der Waals surface area (Å²) in [6.07, 6.45) is 12.5. The monoisotopic (exact) mass is 464 g/mol. The number of guanidine groups is 1. The first kappa shape index (κ1) is 24.4. The van der Waals surface area contributed by atoms with Gasteiger partial charge in [-0.15, -0.1) is 0 Å². The number of nitrogens with zero attached hydrogens (tertiary/aromatic N) is 5. The van der Waals surface area contributed by atoms with Crippen molar-refractivity contribution in [2.75, 3.05) is 26.3 Å². The van der Waals surface area contributed by atoms with E-state index in [2.05, 4.69) is 24.2 Å². The summed E-state index contributed by atoms with van der Waals surface area (Å²) in [5, 5.41) is 10.8. The number of aliphatic imine (C=N–C) groups is 2. The van der Waals surface area contributed by atoms with Crippen LogP contribution >= 0.6 is 0 Å². The minimum atomic E-state index is 0.0301. The Morgan fingerprint density at radius 2 is 1.79 bits per heavy atom. The van der Waals surface area contributed by atoms with E-state index in [0.29, 0.717) is 18.7 Å². The topological polar surface area (TPSA) is 72.7 Å². The van der Waals surface area contributed by atoms with E-state index >= 15 is 0 Å². The average Bonchev–Trinajstić information content (AvgIpc) is 3.43. The van der Waals surface area contributed by atoms with Gasteiger partial charge < -0.3 is 10.2 Å². The number of nitrogens with one attached hydrogen (secondary N) is 1. The van der Waals surface area contributed by atoms with E-state index in [1.54, 1.807) is 0 Å². The number of likely N-dealkylation sites (tertiary alicyclic amines) is 1. The number of rotatable bonds is 6. The quantitative estimate of drug-likeness (QED) is 0.621. The number of unbranched alkanes of at least 4 members (excludes halogenated alkanes) is 1. The van der Waals surface area contributed by atoms with Gasteiger partial charge in [-0.3, -0.25) is 9.80 Å². The van der Waals surface area contributed by atoms with Crippen LogP contribution < -0.4 is 5.32 Å². The van der Waals surface area contributed by atoms with E-state index in [0.717, 1.165) is 75.0 Å². The van der Waals surface area contributed by atoms with Gasteiger partial charge in [-0.25, -0.2) is 9.98 Å². The molecule has 1 saturated carbocycles. The normalized spacial score (nSPS) is 26.0. The maximum atomic E-state index is 12.8. The number of benzene rings is 1. The molecule has 4 rings (SSSR count). The molecule has 0 spiro atoms. The zero-order valence-electron chi connectivity index (χ0n) is 20.9. The van der Waals surface area contributed by atoms with Crippen LogP contribution in [0.3, 0.4) is 0 Å². The van der Waals surface area contributed by atoms with Crippen molar-refractivity contribution in [3.8, 4) is 0 Å². The molecule has 1 aromatic rings. The fourth-order valence-electron chi connectivity index (χ4n) is 4.96. The summed E-state index contributed by atoms with van der Waals surface area (Å²) >= 11 is 0.